The molecule has 4 aromatic rings. The molecule has 7 heteroatoms. The molecule has 0 saturated heterocycles. The first-order valence-corrected chi connectivity index (χ1v) is 8.56. The van der Waals surface area contributed by atoms with Crippen LogP contribution >= 0.6 is 0 Å². The summed E-state index contributed by atoms with van der Waals surface area (Å²) < 4.78 is 0. The highest BCUT2D eigenvalue weighted by atomic mass is 16.6. The Morgan fingerprint density at radius 3 is 2.57 bits per heavy atom. The van der Waals surface area contributed by atoms with Gasteiger partial charge in [0.05, 0.1) is 16.1 Å². The Kier molecular flexibility index (Phi) is 4.33. The predicted octanol–water partition coefficient (Wildman–Crippen LogP) is 4.43. The third-order valence-electron chi connectivity index (χ3n) is 4.55. The van der Waals surface area contributed by atoms with E-state index in [2.05, 4.69) is 9.97 Å². The topological polar surface area (TPSA) is 109 Å². The molecule has 2 N–H and O–H groups in total. The van der Waals surface area contributed by atoms with Gasteiger partial charge in [0.25, 0.3) is 5.69 Å². The monoisotopic (exact) mass is 373 g/mol. The number of carboxylic acid groups (broad SMARTS) is 1. The van der Waals surface area contributed by atoms with Crippen LogP contribution < -0.4 is 0 Å². The second kappa shape index (κ2) is 6.96. The number of carbonyl (C=O) groups is 1. The average molecular weight is 373 g/mol. The number of aromatic nitrogens is 2. The Morgan fingerprint density at radius 1 is 1.07 bits per heavy atom. The average Bonchev–Trinajstić information content (AvgIpc) is 3.06. The van der Waals surface area contributed by atoms with Crippen molar-refractivity contribution < 1.29 is 14.8 Å². The van der Waals surface area contributed by atoms with Gasteiger partial charge in [-0.3, -0.25) is 10.1 Å². The van der Waals surface area contributed by atoms with E-state index in [-0.39, 0.29) is 11.4 Å². The first-order valence-electron chi connectivity index (χ1n) is 8.56. The maximum Gasteiger partial charge on any atom is 0.354 e. The van der Waals surface area contributed by atoms with Crippen LogP contribution in [0.2, 0.25) is 0 Å². The van der Waals surface area contributed by atoms with Gasteiger partial charge in [-0.25, -0.2) is 9.78 Å². The van der Waals surface area contributed by atoms with Crippen LogP contribution in [-0.4, -0.2) is 26.0 Å². The molecule has 0 radical (unpaired) electrons. The van der Waals surface area contributed by atoms with E-state index in [9.17, 15) is 20.0 Å². The summed E-state index contributed by atoms with van der Waals surface area (Å²) in [6.45, 7) is 0. The number of nitro groups is 1. The summed E-state index contributed by atoms with van der Waals surface area (Å²) in [6.07, 6.45) is 0.392. The van der Waals surface area contributed by atoms with Gasteiger partial charge < -0.3 is 10.1 Å². The number of nitrogens with zero attached hydrogens (tertiary/aromatic N) is 2. The summed E-state index contributed by atoms with van der Waals surface area (Å²) in [5.41, 5.74) is 3.92. The Bertz CT molecular complexity index is 1200. The summed E-state index contributed by atoms with van der Waals surface area (Å²) >= 11 is 0. The minimum absolute atomic E-state index is 0.00547. The van der Waals surface area contributed by atoms with Gasteiger partial charge in [0.1, 0.15) is 5.69 Å². The Morgan fingerprint density at radius 2 is 1.86 bits per heavy atom. The quantitative estimate of drug-likeness (QED) is 0.397. The van der Waals surface area contributed by atoms with Gasteiger partial charge in [-0.2, -0.15) is 0 Å². The van der Waals surface area contributed by atoms with Crippen molar-refractivity contribution in [2.75, 3.05) is 0 Å². The molecular formula is C21H15N3O4. The minimum Gasteiger partial charge on any atom is -0.477 e. The lowest BCUT2D eigenvalue weighted by atomic mass is 10.0. The molecule has 28 heavy (non-hydrogen) atoms. The van der Waals surface area contributed by atoms with Crippen molar-refractivity contribution >= 4 is 22.6 Å². The van der Waals surface area contributed by atoms with Crippen LogP contribution in [0.4, 0.5) is 5.69 Å². The van der Waals surface area contributed by atoms with E-state index in [1.165, 1.54) is 18.2 Å². The van der Waals surface area contributed by atoms with Crippen molar-refractivity contribution in [2.45, 2.75) is 6.42 Å². The summed E-state index contributed by atoms with van der Waals surface area (Å²) in [5, 5.41) is 21.2. The lowest BCUT2D eigenvalue weighted by Gasteiger charge is -2.06. The Hall–Kier alpha value is -4.00. The fourth-order valence-corrected chi connectivity index (χ4v) is 3.27. The molecule has 7 nitrogen and oxygen atoms in total. The number of H-pyrrole nitrogens is 1. The van der Waals surface area contributed by atoms with Crippen molar-refractivity contribution in [2.24, 2.45) is 0 Å². The highest BCUT2D eigenvalue weighted by Crippen LogP contribution is 2.33. The number of benzene rings is 2. The van der Waals surface area contributed by atoms with E-state index >= 15 is 0 Å². The van der Waals surface area contributed by atoms with Crippen LogP contribution in [0.3, 0.4) is 0 Å². The number of hydrogen-bond donors (Lipinski definition) is 2. The number of nitro benzene ring substituents is 1. The lowest BCUT2D eigenvalue weighted by molar-refractivity contribution is -0.384. The van der Waals surface area contributed by atoms with E-state index in [4.69, 9.17) is 0 Å². The maximum atomic E-state index is 11.2. The molecule has 4 rings (SSSR count). The third kappa shape index (κ3) is 3.21. The molecule has 2 aromatic carbocycles. The number of rotatable bonds is 5. The summed E-state index contributed by atoms with van der Waals surface area (Å²) in [4.78, 5) is 29.4. The third-order valence-corrected chi connectivity index (χ3v) is 4.55. The normalized spacial score (nSPS) is 10.9. The number of fused-ring (bicyclic) bond motifs is 1. The zero-order valence-electron chi connectivity index (χ0n) is 14.6. The number of aromatic amines is 1. The van der Waals surface area contributed by atoms with Gasteiger partial charge in [0.2, 0.25) is 0 Å². The molecule has 0 atom stereocenters. The molecule has 2 heterocycles. The molecule has 0 aliphatic carbocycles. The smallest absolute Gasteiger partial charge is 0.354 e. The van der Waals surface area contributed by atoms with Crippen LogP contribution in [0.1, 0.15) is 21.7 Å². The van der Waals surface area contributed by atoms with Crippen LogP contribution in [-0.2, 0) is 6.42 Å². The second-order valence-electron chi connectivity index (χ2n) is 6.33. The van der Waals surface area contributed by atoms with Crippen molar-refractivity contribution in [1.29, 1.82) is 0 Å². The van der Waals surface area contributed by atoms with E-state index in [0.717, 1.165) is 22.2 Å². The van der Waals surface area contributed by atoms with E-state index < -0.39 is 10.9 Å². The molecule has 0 fully saturated rings. The SMILES string of the molecule is O=C(O)c1cccc(Cc2c(-c3ccccc3)[nH]c3cc([N+](=O)[O-])ccc23)n1. The molecular weight excluding hydrogens is 358 g/mol. The molecule has 0 amide bonds. The molecule has 0 aliphatic rings. The molecule has 0 unspecified atom stereocenters. The largest absolute Gasteiger partial charge is 0.477 e. The maximum absolute atomic E-state index is 11.2. The summed E-state index contributed by atoms with van der Waals surface area (Å²) in [7, 11) is 0. The van der Waals surface area contributed by atoms with Gasteiger partial charge in [-0.15, -0.1) is 0 Å². The predicted molar refractivity (Wildman–Crippen MR) is 104 cm³/mol. The van der Waals surface area contributed by atoms with Crippen LogP contribution in [0.15, 0.2) is 66.7 Å². The number of nitrogens with one attached hydrogen (secondary N) is 1. The van der Waals surface area contributed by atoms with Crippen LogP contribution in [0, 0.1) is 10.1 Å². The molecule has 0 bridgehead atoms. The molecule has 0 saturated carbocycles. The molecule has 2 aromatic heterocycles. The molecule has 0 aliphatic heterocycles. The van der Waals surface area contributed by atoms with Gasteiger partial charge >= 0.3 is 5.97 Å². The number of pyridine rings is 1. The minimum atomic E-state index is -1.08. The van der Waals surface area contributed by atoms with Gasteiger partial charge in [0.15, 0.2) is 0 Å². The zero-order valence-corrected chi connectivity index (χ0v) is 14.6. The van der Waals surface area contributed by atoms with Crippen molar-refractivity contribution in [1.82, 2.24) is 9.97 Å². The standard InChI is InChI=1S/C21H15N3O4/c25-21(26)18-8-4-7-14(22-18)11-17-16-10-9-15(24(27)28)12-19(16)23-20(17)13-5-2-1-3-6-13/h1-10,12,23H,11H2,(H,25,26). The van der Waals surface area contributed by atoms with Gasteiger partial charge in [-0.1, -0.05) is 36.4 Å². The van der Waals surface area contributed by atoms with E-state index in [1.807, 2.05) is 30.3 Å². The highest BCUT2D eigenvalue weighted by molar-refractivity contribution is 5.92. The number of aromatic carboxylic acids is 1. The lowest BCUT2D eigenvalue weighted by Crippen LogP contribution is -2.03. The molecule has 0 spiro atoms. The van der Waals surface area contributed by atoms with Crippen molar-refractivity contribution in [3.63, 3.8) is 0 Å². The first-order chi connectivity index (χ1) is 13.5. The fraction of sp³-hybridized carbons (Fsp3) is 0.0476. The van der Waals surface area contributed by atoms with Crippen molar-refractivity contribution in [3.8, 4) is 11.3 Å². The number of non-ortho nitro benzene ring substituents is 1. The first kappa shape index (κ1) is 17.4. The van der Waals surface area contributed by atoms with E-state index in [1.54, 1.807) is 18.2 Å². The highest BCUT2D eigenvalue weighted by Gasteiger charge is 2.17. The number of carboxylic acids is 1. The van der Waals surface area contributed by atoms with Crippen LogP contribution in [0.25, 0.3) is 22.2 Å². The summed E-state index contributed by atoms with van der Waals surface area (Å²) in [5.74, 6) is -1.08. The molecule has 138 valence electrons. The zero-order chi connectivity index (χ0) is 19.7. The Balaban J connectivity index is 1.88. The fourth-order valence-electron chi connectivity index (χ4n) is 3.27. The van der Waals surface area contributed by atoms with Gasteiger partial charge in [-0.05, 0) is 29.3 Å². The Labute approximate surface area is 159 Å². The second-order valence-corrected chi connectivity index (χ2v) is 6.33. The number of hydrogen-bond acceptors (Lipinski definition) is 4. The summed E-state index contributed by atoms with van der Waals surface area (Å²) in [6, 6.07) is 19.2. The van der Waals surface area contributed by atoms with Gasteiger partial charge in [0, 0.05) is 29.6 Å². The van der Waals surface area contributed by atoms with E-state index in [0.29, 0.717) is 17.6 Å². The van der Waals surface area contributed by atoms with Crippen LogP contribution in [0.5, 0.6) is 0 Å². The van der Waals surface area contributed by atoms with Crippen molar-refractivity contribution in [3.05, 3.63) is 93.8 Å².